The van der Waals surface area contributed by atoms with Crippen LogP contribution < -0.4 is 9.64 Å². The van der Waals surface area contributed by atoms with Crippen LogP contribution in [0.3, 0.4) is 0 Å². The Morgan fingerprint density at radius 2 is 1.79 bits per heavy atom. The van der Waals surface area contributed by atoms with E-state index in [1.165, 1.54) is 11.3 Å². The average molecular weight is 441 g/mol. The standard InChI is InChI=1S/C27H28N4O2/c1-20-7-5-9-23(17-20)29-13-15-30(16-14-29)27(32)24-10-3-4-11-25(24)33-19-22-18-31-12-6-8-21(2)26(31)28-22/h3-12,17-18H,13-16,19H2,1-2H3. The van der Waals surface area contributed by atoms with E-state index >= 15 is 0 Å². The maximum absolute atomic E-state index is 13.3. The Kier molecular flexibility index (Phi) is 5.73. The summed E-state index contributed by atoms with van der Waals surface area (Å²) in [6, 6.07) is 20.0. The predicted octanol–water partition coefficient (Wildman–Crippen LogP) is 4.49. The highest BCUT2D eigenvalue weighted by Gasteiger charge is 2.24. The van der Waals surface area contributed by atoms with Gasteiger partial charge in [0.15, 0.2) is 0 Å². The fraction of sp³-hybridized carbons (Fsp3) is 0.259. The maximum atomic E-state index is 13.3. The average Bonchev–Trinajstić information content (AvgIpc) is 3.27. The molecule has 5 rings (SSSR count). The Bertz CT molecular complexity index is 1290. The van der Waals surface area contributed by atoms with Crippen molar-refractivity contribution >= 4 is 17.2 Å². The van der Waals surface area contributed by atoms with Gasteiger partial charge >= 0.3 is 0 Å². The Morgan fingerprint density at radius 1 is 0.970 bits per heavy atom. The van der Waals surface area contributed by atoms with Crippen molar-refractivity contribution in [2.24, 2.45) is 0 Å². The van der Waals surface area contributed by atoms with E-state index < -0.39 is 0 Å². The Balaban J connectivity index is 1.26. The monoisotopic (exact) mass is 440 g/mol. The topological polar surface area (TPSA) is 50.1 Å². The normalized spacial score (nSPS) is 14.0. The Labute approximate surface area is 194 Å². The lowest BCUT2D eigenvalue weighted by molar-refractivity contribution is 0.0742. The molecule has 4 aromatic rings. The molecule has 6 heteroatoms. The Hall–Kier alpha value is -3.80. The number of anilines is 1. The van der Waals surface area contributed by atoms with Crippen LogP contribution in [0.25, 0.3) is 5.65 Å². The lowest BCUT2D eigenvalue weighted by atomic mass is 10.1. The number of para-hydroxylation sites is 1. The maximum Gasteiger partial charge on any atom is 0.257 e. The molecule has 6 nitrogen and oxygen atoms in total. The SMILES string of the molecule is Cc1cccc(N2CCN(C(=O)c3ccccc3OCc3cn4cccc(C)c4n3)CC2)c1. The van der Waals surface area contributed by atoms with E-state index in [0.29, 0.717) is 31.0 Å². The lowest BCUT2D eigenvalue weighted by Crippen LogP contribution is -2.48. The molecule has 0 bridgehead atoms. The van der Waals surface area contributed by atoms with Crippen molar-refractivity contribution in [1.29, 1.82) is 0 Å². The summed E-state index contributed by atoms with van der Waals surface area (Å²) >= 11 is 0. The van der Waals surface area contributed by atoms with Crippen LogP contribution in [0.2, 0.25) is 0 Å². The molecular formula is C27H28N4O2. The second-order valence-electron chi connectivity index (χ2n) is 8.56. The zero-order valence-electron chi connectivity index (χ0n) is 19.1. The molecule has 3 heterocycles. The van der Waals surface area contributed by atoms with Gasteiger partial charge < -0.3 is 18.9 Å². The quantitative estimate of drug-likeness (QED) is 0.459. The van der Waals surface area contributed by atoms with E-state index in [1.807, 2.05) is 65.0 Å². The van der Waals surface area contributed by atoms with Gasteiger partial charge in [0.1, 0.15) is 18.0 Å². The van der Waals surface area contributed by atoms with E-state index in [0.717, 1.165) is 30.0 Å². The number of carbonyl (C=O) groups is 1. The molecule has 0 atom stereocenters. The number of imidazole rings is 1. The number of rotatable bonds is 5. The van der Waals surface area contributed by atoms with Crippen LogP contribution in [0.4, 0.5) is 5.69 Å². The highest BCUT2D eigenvalue weighted by molar-refractivity contribution is 5.97. The number of fused-ring (bicyclic) bond motifs is 1. The number of nitrogens with zero attached hydrogens (tertiary/aromatic N) is 4. The first-order valence-corrected chi connectivity index (χ1v) is 11.3. The number of ether oxygens (including phenoxy) is 1. The van der Waals surface area contributed by atoms with Gasteiger partial charge in [-0.05, 0) is 55.3 Å². The van der Waals surface area contributed by atoms with Crippen LogP contribution in [0.15, 0.2) is 73.1 Å². The third-order valence-electron chi connectivity index (χ3n) is 6.15. The van der Waals surface area contributed by atoms with Gasteiger partial charge in [-0.2, -0.15) is 0 Å². The van der Waals surface area contributed by atoms with Gasteiger partial charge in [-0.3, -0.25) is 4.79 Å². The van der Waals surface area contributed by atoms with Crippen LogP contribution >= 0.6 is 0 Å². The van der Waals surface area contributed by atoms with Crippen LogP contribution in [0, 0.1) is 13.8 Å². The third kappa shape index (κ3) is 4.42. The summed E-state index contributed by atoms with van der Waals surface area (Å²) in [6.45, 7) is 7.47. The minimum atomic E-state index is 0.0142. The van der Waals surface area contributed by atoms with Gasteiger partial charge in [0.2, 0.25) is 0 Å². The fourth-order valence-corrected chi connectivity index (χ4v) is 4.36. The summed E-state index contributed by atoms with van der Waals surface area (Å²) in [5.41, 5.74) is 5.93. The number of aryl methyl sites for hydroxylation is 2. The summed E-state index contributed by atoms with van der Waals surface area (Å²) in [7, 11) is 0. The van der Waals surface area contributed by atoms with Gasteiger partial charge in [-0.1, -0.05) is 30.3 Å². The van der Waals surface area contributed by atoms with Crippen molar-refractivity contribution in [1.82, 2.24) is 14.3 Å². The highest BCUT2D eigenvalue weighted by Crippen LogP contribution is 2.24. The first kappa shape index (κ1) is 21.1. The predicted molar refractivity (Wildman–Crippen MR) is 130 cm³/mol. The van der Waals surface area contributed by atoms with E-state index in [1.54, 1.807) is 0 Å². The molecule has 0 spiro atoms. The molecule has 1 fully saturated rings. The van der Waals surface area contributed by atoms with Crippen LogP contribution in [-0.4, -0.2) is 46.4 Å². The molecule has 0 radical (unpaired) electrons. The van der Waals surface area contributed by atoms with Crippen LogP contribution in [0.1, 0.15) is 27.2 Å². The summed E-state index contributed by atoms with van der Waals surface area (Å²) in [5, 5.41) is 0. The van der Waals surface area contributed by atoms with Crippen molar-refractivity contribution in [2.45, 2.75) is 20.5 Å². The van der Waals surface area contributed by atoms with Gasteiger partial charge in [0.05, 0.1) is 11.3 Å². The zero-order valence-corrected chi connectivity index (χ0v) is 19.1. The fourth-order valence-electron chi connectivity index (χ4n) is 4.36. The molecule has 0 saturated carbocycles. The molecular weight excluding hydrogens is 412 g/mol. The van der Waals surface area contributed by atoms with E-state index in [9.17, 15) is 4.79 Å². The number of piperazine rings is 1. The number of amides is 1. The van der Waals surface area contributed by atoms with Crippen LogP contribution in [-0.2, 0) is 6.61 Å². The first-order chi connectivity index (χ1) is 16.1. The lowest BCUT2D eigenvalue weighted by Gasteiger charge is -2.36. The largest absolute Gasteiger partial charge is 0.486 e. The Morgan fingerprint density at radius 3 is 2.58 bits per heavy atom. The van der Waals surface area contributed by atoms with E-state index in [2.05, 4.69) is 41.1 Å². The number of benzene rings is 2. The van der Waals surface area contributed by atoms with Crippen molar-refractivity contribution < 1.29 is 9.53 Å². The molecule has 33 heavy (non-hydrogen) atoms. The molecule has 168 valence electrons. The minimum Gasteiger partial charge on any atom is -0.486 e. The number of hydrogen-bond donors (Lipinski definition) is 0. The second-order valence-corrected chi connectivity index (χ2v) is 8.56. The molecule has 2 aromatic carbocycles. The molecule has 0 unspecified atom stereocenters. The van der Waals surface area contributed by atoms with Gasteiger partial charge in [0, 0.05) is 44.3 Å². The van der Waals surface area contributed by atoms with E-state index in [4.69, 9.17) is 4.74 Å². The third-order valence-corrected chi connectivity index (χ3v) is 6.15. The number of aromatic nitrogens is 2. The van der Waals surface area contributed by atoms with Gasteiger partial charge in [0.25, 0.3) is 5.91 Å². The molecule has 1 aliphatic heterocycles. The molecule has 1 saturated heterocycles. The molecule has 2 aromatic heterocycles. The molecule has 1 amide bonds. The van der Waals surface area contributed by atoms with Gasteiger partial charge in [-0.15, -0.1) is 0 Å². The smallest absolute Gasteiger partial charge is 0.257 e. The number of hydrogen-bond acceptors (Lipinski definition) is 4. The molecule has 1 aliphatic rings. The number of pyridine rings is 1. The van der Waals surface area contributed by atoms with Crippen molar-refractivity contribution in [3.05, 3.63) is 95.4 Å². The van der Waals surface area contributed by atoms with Crippen molar-refractivity contribution in [2.75, 3.05) is 31.1 Å². The zero-order chi connectivity index (χ0) is 22.8. The molecule has 0 N–H and O–H groups in total. The summed E-state index contributed by atoms with van der Waals surface area (Å²) < 4.78 is 8.07. The summed E-state index contributed by atoms with van der Waals surface area (Å²) in [5.74, 6) is 0.609. The second kappa shape index (κ2) is 8.98. The minimum absolute atomic E-state index is 0.0142. The number of carbonyl (C=O) groups excluding carboxylic acids is 1. The summed E-state index contributed by atoms with van der Waals surface area (Å²) in [4.78, 5) is 22.3. The highest BCUT2D eigenvalue weighted by atomic mass is 16.5. The van der Waals surface area contributed by atoms with Crippen molar-refractivity contribution in [3.8, 4) is 5.75 Å². The van der Waals surface area contributed by atoms with E-state index in [-0.39, 0.29) is 5.91 Å². The van der Waals surface area contributed by atoms with Crippen molar-refractivity contribution in [3.63, 3.8) is 0 Å². The molecule has 0 aliphatic carbocycles. The summed E-state index contributed by atoms with van der Waals surface area (Å²) in [6.07, 6.45) is 3.95. The van der Waals surface area contributed by atoms with Gasteiger partial charge in [-0.25, -0.2) is 4.98 Å². The first-order valence-electron chi connectivity index (χ1n) is 11.3. The van der Waals surface area contributed by atoms with Crippen LogP contribution in [0.5, 0.6) is 5.75 Å².